The Morgan fingerprint density at radius 2 is 2.00 bits per heavy atom. The summed E-state index contributed by atoms with van der Waals surface area (Å²) in [5.74, 6) is 0. The fourth-order valence-electron chi connectivity index (χ4n) is 1.08. The molecule has 0 aromatic heterocycles. The molecular formula is C9H7F3N2. The fourth-order valence-corrected chi connectivity index (χ4v) is 1.08. The molecule has 1 rings (SSSR count). The molecule has 5 heteroatoms. The molecule has 0 spiro atoms. The highest BCUT2D eigenvalue weighted by atomic mass is 19.4. The van der Waals surface area contributed by atoms with Crippen molar-refractivity contribution in [1.82, 2.24) is 0 Å². The lowest BCUT2D eigenvalue weighted by Crippen LogP contribution is -2.11. The SMILES string of the molecule is [C-]#[N+]c1ccc(CN)c(C(F)(F)F)c1. The van der Waals surface area contributed by atoms with Gasteiger partial charge in [-0.15, -0.1) is 0 Å². The van der Waals surface area contributed by atoms with Crippen molar-refractivity contribution >= 4 is 5.69 Å². The van der Waals surface area contributed by atoms with Gasteiger partial charge in [-0.3, -0.25) is 0 Å². The highest BCUT2D eigenvalue weighted by Crippen LogP contribution is 2.34. The van der Waals surface area contributed by atoms with Crippen LogP contribution in [0.1, 0.15) is 11.1 Å². The minimum Gasteiger partial charge on any atom is -0.326 e. The highest BCUT2D eigenvalue weighted by Gasteiger charge is 2.32. The summed E-state index contributed by atoms with van der Waals surface area (Å²) < 4.78 is 37.2. The minimum atomic E-state index is -4.45. The Hall–Kier alpha value is -1.54. The van der Waals surface area contributed by atoms with Crippen molar-refractivity contribution in [2.24, 2.45) is 5.73 Å². The van der Waals surface area contributed by atoms with Crippen molar-refractivity contribution < 1.29 is 13.2 Å². The average Bonchev–Trinajstić information content (AvgIpc) is 2.15. The van der Waals surface area contributed by atoms with Crippen LogP contribution in [-0.4, -0.2) is 0 Å². The van der Waals surface area contributed by atoms with Gasteiger partial charge in [0.05, 0.1) is 6.57 Å². The molecule has 0 aliphatic heterocycles. The maximum Gasteiger partial charge on any atom is 0.415 e. The van der Waals surface area contributed by atoms with Crippen LogP contribution in [0.4, 0.5) is 18.9 Å². The second-order valence-corrected chi connectivity index (χ2v) is 2.66. The molecule has 74 valence electrons. The van der Waals surface area contributed by atoms with E-state index in [1.54, 1.807) is 0 Å². The lowest BCUT2D eigenvalue weighted by molar-refractivity contribution is -0.138. The molecule has 0 unspecified atom stereocenters. The van der Waals surface area contributed by atoms with Gasteiger partial charge in [0, 0.05) is 12.1 Å². The Morgan fingerprint density at radius 1 is 1.36 bits per heavy atom. The molecule has 0 aliphatic carbocycles. The number of hydrogen-bond acceptors (Lipinski definition) is 1. The molecule has 2 N–H and O–H groups in total. The van der Waals surface area contributed by atoms with E-state index in [0.717, 1.165) is 6.07 Å². The van der Waals surface area contributed by atoms with Crippen LogP contribution in [0.5, 0.6) is 0 Å². The van der Waals surface area contributed by atoms with E-state index in [2.05, 4.69) is 4.85 Å². The molecule has 0 aliphatic rings. The van der Waals surface area contributed by atoms with Crippen molar-refractivity contribution in [1.29, 1.82) is 0 Å². The first-order valence-electron chi connectivity index (χ1n) is 3.76. The minimum absolute atomic E-state index is 0.00454. The standard InChI is InChI=1S/C9H7F3N2/c1-14-7-3-2-6(5-13)8(4-7)9(10,11)12/h2-4H,5,13H2. The second-order valence-electron chi connectivity index (χ2n) is 2.66. The molecule has 0 fully saturated rings. The molecule has 1 aromatic carbocycles. The first-order chi connectivity index (χ1) is 6.49. The van der Waals surface area contributed by atoms with Crippen LogP contribution >= 0.6 is 0 Å². The second kappa shape index (κ2) is 3.68. The van der Waals surface area contributed by atoms with Crippen molar-refractivity contribution in [2.45, 2.75) is 12.7 Å². The fraction of sp³-hybridized carbons (Fsp3) is 0.222. The largest absolute Gasteiger partial charge is 0.415 e. The molecule has 0 radical (unpaired) electrons. The molecule has 14 heavy (non-hydrogen) atoms. The van der Waals surface area contributed by atoms with Crippen LogP contribution < -0.4 is 5.73 Å². The third kappa shape index (κ3) is 2.03. The summed E-state index contributed by atoms with van der Waals surface area (Å²) in [5.41, 5.74) is 4.31. The number of nitrogens with two attached hydrogens (primary N) is 1. The quantitative estimate of drug-likeness (QED) is 0.694. The summed E-state index contributed by atoms with van der Waals surface area (Å²) in [4.78, 5) is 2.93. The van der Waals surface area contributed by atoms with E-state index in [9.17, 15) is 13.2 Å². The smallest absolute Gasteiger partial charge is 0.326 e. The topological polar surface area (TPSA) is 30.4 Å². The molecular weight excluding hydrogens is 193 g/mol. The van der Waals surface area contributed by atoms with Crippen LogP contribution in [0.25, 0.3) is 4.85 Å². The highest BCUT2D eigenvalue weighted by molar-refractivity contribution is 5.50. The molecule has 2 nitrogen and oxygen atoms in total. The lowest BCUT2D eigenvalue weighted by Gasteiger charge is -2.11. The van der Waals surface area contributed by atoms with Crippen molar-refractivity contribution in [3.05, 3.63) is 40.7 Å². The maximum absolute atomic E-state index is 12.4. The van der Waals surface area contributed by atoms with Gasteiger partial charge >= 0.3 is 6.18 Å². The van der Waals surface area contributed by atoms with Crippen molar-refractivity contribution in [2.75, 3.05) is 0 Å². The van der Waals surface area contributed by atoms with E-state index in [0.29, 0.717) is 0 Å². The van der Waals surface area contributed by atoms with E-state index in [4.69, 9.17) is 12.3 Å². The molecule has 0 heterocycles. The van der Waals surface area contributed by atoms with E-state index in [-0.39, 0.29) is 17.8 Å². The van der Waals surface area contributed by atoms with Crippen LogP contribution in [0.2, 0.25) is 0 Å². The number of benzene rings is 1. The van der Waals surface area contributed by atoms with Gasteiger partial charge in [0.15, 0.2) is 5.69 Å². The summed E-state index contributed by atoms with van der Waals surface area (Å²) in [6, 6.07) is 3.37. The normalized spacial score (nSPS) is 11.1. The summed E-state index contributed by atoms with van der Waals surface area (Å²) in [6.07, 6.45) is -4.45. The van der Waals surface area contributed by atoms with Crippen molar-refractivity contribution in [3.8, 4) is 0 Å². The number of rotatable bonds is 1. The predicted octanol–water partition coefficient (Wildman–Crippen LogP) is 2.71. The van der Waals surface area contributed by atoms with Gasteiger partial charge in [0.2, 0.25) is 0 Å². The predicted molar refractivity (Wildman–Crippen MR) is 45.6 cm³/mol. The van der Waals surface area contributed by atoms with E-state index < -0.39 is 11.7 Å². The molecule has 1 aromatic rings. The van der Waals surface area contributed by atoms with Gasteiger partial charge in [0.25, 0.3) is 0 Å². The number of halogens is 3. The van der Waals surface area contributed by atoms with Gasteiger partial charge in [-0.2, -0.15) is 13.2 Å². The van der Waals surface area contributed by atoms with Crippen LogP contribution in [-0.2, 0) is 12.7 Å². The van der Waals surface area contributed by atoms with Gasteiger partial charge < -0.3 is 5.73 Å². The number of hydrogen-bond donors (Lipinski definition) is 1. The van der Waals surface area contributed by atoms with E-state index >= 15 is 0 Å². The third-order valence-corrected chi connectivity index (χ3v) is 1.75. The van der Waals surface area contributed by atoms with E-state index in [1.807, 2.05) is 0 Å². The van der Waals surface area contributed by atoms with Crippen LogP contribution in [0.15, 0.2) is 18.2 Å². The van der Waals surface area contributed by atoms with Gasteiger partial charge in [-0.05, 0) is 11.6 Å². The zero-order valence-corrected chi connectivity index (χ0v) is 7.10. The summed E-state index contributed by atoms with van der Waals surface area (Å²) in [7, 11) is 0. The number of alkyl halides is 3. The number of nitrogens with zero attached hydrogens (tertiary/aromatic N) is 1. The van der Waals surface area contributed by atoms with Crippen LogP contribution in [0, 0.1) is 6.57 Å². The van der Waals surface area contributed by atoms with Crippen molar-refractivity contribution in [3.63, 3.8) is 0 Å². The Kier molecular flexibility index (Phi) is 2.77. The van der Waals surface area contributed by atoms with Crippen LogP contribution in [0.3, 0.4) is 0 Å². The maximum atomic E-state index is 12.4. The Morgan fingerprint density at radius 3 is 2.43 bits per heavy atom. The Balaban J connectivity index is 3.31. The first-order valence-corrected chi connectivity index (χ1v) is 3.76. The van der Waals surface area contributed by atoms with Gasteiger partial charge in [-0.25, -0.2) is 4.85 Å². The molecule has 0 amide bonds. The molecule has 0 saturated heterocycles. The molecule has 0 saturated carbocycles. The molecule has 0 atom stereocenters. The molecule has 0 bridgehead atoms. The summed E-state index contributed by atoms with van der Waals surface area (Å²) in [5, 5.41) is 0. The summed E-state index contributed by atoms with van der Waals surface area (Å²) >= 11 is 0. The monoisotopic (exact) mass is 200 g/mol. The zero-order chi connectivity index (χ0) is 10.8. The zero-order valence-electron chi connectivity index (χ0n) is 7.10. The first kappa shape index (κ1) is 10.5. The van der Waals surface area contributed by atoms with Gasteiger partial charge in [0.1, 0.15) is 0 Å². The Labute approximate surface area is 79.0 Å². The Bertz CT molecular complexity index is 377. The van der Waals surface area contributed by atoms with E-state index in [1.165, 1.54) is 12.1 Å². The summed E-state index contributed by atoms with van der Waals surface area (Å²) in [6.45, 7) is 6.41. The average molecular weight is 200 g/mol. The lowest BCUT2D eigenvalue weighted by atomic mass is 10.1. The third-order valence-electron chi connectivity index (χ3n) is 1.75. The van der Waals surface area contributed by atoms with Gasteiger partial charge in [-0.1, -0.05) is 12.1 Å².